The molecule has 2 N–H and O–H groups in total. The summed E-state index contributed by atoms with van der Waals surface area (Å²) in [5.74, 6) is -4.11. The van der Waals surface area contributed by atoms with Gasteiger partial charge in [-0.15, -0.1) is 0 Å². The van der Waals surface area contributed by atoms with Gasteiger partial charge in [-0.25, -0.2) is 9.98 Å². The maximum Gasteiger partial charge on any atom is 0.283 e. The molecule has 3 unspecified atom stereocenters. The van der Waals surface area contributed by atoms with E-state index in [4.69, 9.17) is 0 Å². The fraction of sp³-hybridized carbons (Fsp3) is 0.762. The molecule has 2 saturated heterocycles. The van der Waals surface area contributed by atoms with Crippen molar-refractivity contribution in [2.24, 2.45) is 27.7 Å². The average Bonchev–Trinajstić information content (AvgIpc) is 3.15. The second kappa shape index (κ2) is 8.61. The summed E-state index contributed by atoms with van der Waals surface area (Å²) < 4.78 is 0. The van der Waals surface area contributed by atoms with Crippen LogP contribution in [-0.4, -0.2) is 61.8 Å². The third-order valence-corrected chi connectivity index (χ3v) is 7.38. The SMILES string of the molecule is O=C1CC(N=C=NC2(C3CCCCC3)C(=O)N(O)C(=O)C2C2CCCCC2)C(=O)N1O. The van der Waals surface area contributed by atoms with E-state index in [0.29, 0.717) is 12.8 Å². The summed E-state index contributed by atoms with van der Waals surface area (Å²) in [6.07, 6.45) is 8.49. The number of amides is 4. The lowest BCUT2D eigenvalue weighted by molar-refractivity contribution is -0.174. The van der Waals surface area contributed by atoms with Crippen molar-refractivity contribution in [2.45, 2.75) is 82.2 Å². The second-order valence-electron chi connectivity index (χ2n) is 9.10. The molecule has 0 aromatic carbocycles. The molecule has 168 valence electrons. The number of hydrogen-bond donors (Lipinski definition) is 2. The quantitative estimate of drug-likeness (QED) is 0.395. The highest BCUT2D eigenvalue weighted by atomic mass is 16.5. The Kier molecular flexibility index (Phi) is 6.05. The van der Waals surface area contributed by atoms with Crippen LogP contribution in [0, 0.1) is 17.8 Å². The zero-order valence-corrected chi connectivity index (χ0v) is 17.4. The Hall–Kier alpha value is -2.42. The van der Waals surface area contributed by atoms with Gasteiger partial charge in [-0.1, -0.05) is 38.5 Å². The van der Waals surface area contributed by atoms with Gasteiger partial charge in [-0.05, 0) is 37.5 Å². The van der Waals surface area contributed by atoms with E-state index in [1.165, 1.54) is 0 Å². The first-order valence-electron chi connectivity index (χ1n) is 11.2. The first-order valence-corrected chi connectivity index (χ1v) is 11.2. The predicted molar refractivity (Wildman–Crippen MR) is 105 cm³/mol. The number of nitrogens with zero attached hydrogens (tertiary/aromatic N) is 4. The Morgan fingerprint density at radius 3 is 2.03 bits per heavy atom. The van der Waals surface area contributed by atoms with Gasteiger partial charge in [0, 0.05) is 0 Å². The summed E-state index contributed by atoms with van der Waals surface area (Å²) in [7, 11) is 0. The Morgan fingerprint density at radius 2 is 1.45 bits per heavy atom. The minimum Gasteiger partial charge on any atom is -0.278 e. The van der Waals surface area contributed by atoms with E-state index in [9.17, 15) is 29.6 Å². The van der Waals surface area contributed by atoms with E-state index in [1.54, 1.807) is 0 Å². The van der Waals surface area contributed by atoms with Crippen molar-refractivity contribution in [1.29, 1.82) is 0 Å². The van der Waals surface area contributed by atoms with Crippen molar-refractivity contribution in [1.82, 2.24) is 10.1 Å². The van der Waals surface area contributed by atoms with Gasteiger partial charge in [0.05, 0.1) is 18.3 Å². The minimum atomic E-state index is -1.50. The normalized spacial score (nSPS) is 33.2. The molecule has 2 aliphatic carbocycles. The van der Waals surface area contributed by atoms with Crippen molar-refractivity contribution in [2.75, 3.05) is 0 Å². The first kappa shape index (κ1) is 21.8. The summed E-state index contributed by atoms with van der Waals surface area (Å²) in [5, 5.41) is 20.0. The van der Waals surface area contributed by atoms with Gasteiger partial charge in [0.15, 0.2) is 11.6 Å². The van der Waals surface area contributed by atoms with Gasteiger partial charge in [0.1, 0.15) is 0 Å². The fourth-order valence-electron chi connectivity index (χ4n) is 5.82. The van der Waals surface area contributed by atoms with Crippen LogP contribution in [0.3, 0.4) is 0 Å². The smallest absolute Gasteiger partial charge is 0.278 e. The maximum absolute atomic E-state index is 13.3. The highest BCUT2D eigenvalue weighted by Crippen LogP contribution is 2.50. The van der Waals surface area contributed by atoms with Gasteiger partial charge in [-0.2, -0.15) is 10.1 Å². The highest BCUT2D eigenvalue weighted by Gasteiger charge is 2.65. The fourth-order valence-corrected chi connectivity index (χ4v) is 5.82. The van der Waals surface area contributed by atoms with Crippen molar-refractivity contribution >= 4 is 29.6 Å². The maximum atomic E-state index is 13.3. The van der Waals surface area contributed by atoms with Gasteiger partial charge < -0.3 is 0 Å². The molecule has 0 aromatic rings. The third kappa shape index (κ3) is 3.62. The molecule has 2 heterocycles. The largest absolute Gasteiger partial charge is 0.283 e. The Balaban J connectivity index is 1.75. The van der Waals surface area contributed by atoms with E-state index in [1.807, 2.05) is 0 Å². The van der Waals surface area contributed by atoms with Gasteiger partial charge in [0.25, 0.3) is 23.6 Å². The number of carbonyl (C=O) groups is 4. The lowest BCUT2D eigenvalue weighted by atomic mass is 9.63. The van der Waals surface area contributed by atoms with Crippen LogP contribution in [0.4, 0.5) is 0 Å². The van der Waals surface area contributed by atoms with E-state index >= 15 is 0 Å². The van der Waals surface area contributed by atoms with Crippen LogP contribution in [0.2, 0.25) is 0 Å². The molecule has 0 aromatic heterocycles. The summed E-state index contributed by atoms with van der Waals surface area (Å²) >= 11 is 0. The molecule has 2 saturated carbocycles. The molecule has 4 aliphatic rings. The monoisotopic (exact) mass is 432 g/mol. The molecule has 0 spiro atoms. The lowest BCUT2D eigenvalue weighted by Gasteiger charge is -2.40. The predicted octanol–water partition coefficient (Wildman–Crippen LogP) is 1.95. The standard InChI is InChI=1S/C21H28N4O6/c26-16-11-15(18(27)24(16)30)22-12-23-21(14-9-5-2-6-10-14)17(13-7-3-1-4-8-13)19(28)25(31)20(21)29/h13-15,17,30-31H,1-11H2. The van der Waals surface area contributed by atoms with Crippen molar-refractivity contribution in [3.05, 3.63) is 0 Å². The molecule has 4 amide bonds. The molecular formula is C21H28N4O6. The summed E-state index contributed by atoms with van der Waals surface area (Å²) in [6.45, 7) is 0. The molecule has 3 atom stereocenters. The summed E-state index contributed by atoms with van der Waals surface area (Å²) in [4.78, 5) is 58.1. The second-order valence-corrected chi connectivity index (χ2v) is 9.10. The lowest BCUT2D eigenvalue weighted by Crippen LogP contribution is -2.51. The van der Waals surface area contributed by atoms with Crippen LogP contribution in [0.5, 0.6) is 0 Å². The van der Waals surface area contributed by atoms with Gasteiger partial charge in [-0.3, -0.25) is 29.6 Å². The summed E-state index contributed by atoms with van der Waals surface area (Å²) in [6, 6.07) is 1.29. The van der Waals surface area contributed by atoms with E-state index in [2.05, 4.69) is 16.0 Å². The van der Waals surface area contributed by atoms with Gasteiger partial charge >= 0.3 is 0 Å². The van der Waals surface area contributed by atoms with Crippen LogP contribution in [0.15, 0.2) is 9.98 Å². The van der Waals surface area contributed by atoms with Crippen molar-refractivity contribution in [3.8, 4) is 0 Å². The topological polar surface area (TPSA) is 140 Å². The zero-order valence-electron chi connectivity index (χ0n) is 17.4. The molecular weight excluding hydrogens is 404 g/mol. The van der Waals surface area contributed by atoms with Gasteiger partial charge in [0.2, 0.25) is 0 Å². The Labute approximate surface area is 179 Å². The molecule has 10 nitrogen and oxygen atoms in total. The number of aliphatic imine (C=N–C) groups is 2. The molecule has 10 heteroatoms. The molecule has 4 fully saturated rings. The van der Waals surface area contributed by atoms with Crippen molar-refractivity contribution < 1.29 is 29.6 Å². The van der Waals surface area contributed by atoms with E-state index in [-0.39, 0.29) is 28.4 Å². The highest BCUT2D eigenvalue weighted by molar-refractivity contribution is 6.09. The number of hydrogen-bond acceptors (Lipinski definition) is 8. The number of hydroxylamine groups is 4. The Bertz CT molecular complexity index is 841. The number of imide groups is 2. The number of carbonyl (C=O) groups excluding carboxylic acids is 4. The summed E-state index contributed by atoms with van der Waals surface area (Å²) in [5.41, 5.74) is -1.50. The Morgan fingerprint density at radius 1 is 0.839 bits per heavy atom. The van der Waals surface area contributed by atoms with E-state index < -0.39 is 41.1 Å². The molecule has 2 aliphatic heterocycles. The molecule has 0 radical (unpaired) electrons. The molecule has 4 rings (SSSR count). The zero-order chi connectivity index (χ0) is 22.2. The van der Waals surface area contributed by atoms with Crippen LogP contribution in [-0.2, 0) is 19.2 Å². The van der Waals surface area contributed by atoms with Crippen LogP contribution < -0.4 is 0 Å². The third-order valence-electron chi connectivity index (χ3n) is 7.38. The average molecular weight is 432 g/mol. The van der Waals surface area contributed by atoms with Crippen LogP contribution in [0.25, 0.3) is 0 Å². The van der Waals surface area contributed by atoms with Crippen LogP contribution in [0.1, 0.15) is 70.6 Å². The minimum absolute atomic E-state index is 0.0251. The number of rotatable bonds is 4. The van der Waals surface area contributed by atoms with Crippen molar-refractivity contribution in [3.63, 3.8) is 0 Å². The van der Waals surface area contributed by atoms with Crippen LogP contribution >= 0.6 is 0 Å². The van der Waals surface area contributed by atoms with E-state index in [0.717, 1.165) is 51.4 Å². The first-order chi connectivity index (χ1) is 14.9. The molecule has 31 heavy (non-hydrogen) atoms. The molecule has 0 bridgehead atoms.